The van der Waals surface area contributed by atoms with Crippen molar-refractivity contribution in [1.29, 1.82) is 0 Å². The molecule has 0 saturated carbocycles. The van der Waals surface area contributed by atoms with Crippen molar-refractivity contribution in [3.05, 3.63) is 40.1 Å². The summed E-state index contributed by atoms with van der Waals surface area (Å²) in [5.74, 6) is 1.38. The third kappa shape index (κ3) is 3.06. The number of rotatable bonds is 4. The number of aromatic nitrogens is 2. The molecular weight excluding hydrogens is 314 g/mol. The third-order valence-electron chi connectivity index (χ3n) is 2.48. The topological polar surface area (TPSA) is 29.9 Å². The van der Waals surface area contributed by atoms with E-state index >= 15 is 0 Å². The van der Waals surface area contributed by atoms with E-state index < -0.39 is 0 Å². The van der Waals surface area contributed by atoms with E-state index in [-0.39, 0.29) is 0 Å². The molecule has 0 aliphatic carbocycles. The van der Waals surface area contributed by atoms with E-state index in [1.807, 2.05) is 29.0 Å². The van der Waals surface area contributed by atoms with Gasteiger partial charge in [0.25, 0.3) is 0 Å². The SMILES string of the molecule is CC(C)CNc1nccn1-c1ccc(Br)cc1Cl. The summed E-state index contributed by atoms with van der Waals surface area (Å²) in [6.45, 7) is 5.20. The molecule has 0 radical (unpaired) electrons. The molecular formula is C13H15BrClN3. The van der Waals surface area contributed by atoms with Gasteiger partial charge in [0.05, 0.1) is 10.7 Å². The lowest BCUT2D eigenvalue weighted by atomic mass is 10.2. The Morgan fingerprint density at radius 3 is 2.89 bits per heavy atom. The van der Waals surface area contributed by atoms with Crippen molar-refractivity contribution in [2.24, 2.45) is 5.92 Å². The van der Waals surface area contributed by atoms with Gasteiger partial charge in [0.2, 0.25) is 5.95 Å². The van der Waals surface area contributed by atoms with Crippen LogP contribution >= 0.6 is 27.5 Å². The van der Waals surface area contributed by atoms with Crippen LogP contribution in [0.1, 0.15) is 13.8 Å². The van der Waals surface area contributed by atoms with E-state index in [9.17, 15) is 0 Å². The number of benzene rings is 1. The quantitative estimate of drug-likeness (QED) is 0.904. The zero-order valence-electron chi connectivity index (χ0n) is 10.3. The van der Waals surface area contributed by atoms with Crippen LogP contribution in [0.4, 0.5) is 5.95 Å². The van der Waals surface area contributed by atoms with E-state index in [0.29, 0.717) is 10.9 Å². The monoisotopic (exact) mass is 327 g/mol. The van der Waals surface area contributed by atoms with Crippen molar-refractivity contribution < 1.29 is 0 Å². The van der Waals surface area contributed by atoms with Gasteiger partial charge < -0.3 is 5.32 Å². The summed E-state index contributed by atoms with van der Waals surface area (Å²) >= 11 is 9.65. The Balaban J connectivity index is 2.30. The van der Waals surface area contributed by atoms with Crippen LogP contribution in [-0.4, -0.2) is 16.1 Å². The standard InChI is InChI=1S/C13H15BrClN3/c1-9(2)8-17-13-16-5-6-18(13)12-4-3-10(14)7-11(12)15/h3-7,9H,8H2,1-2H3,(H,16,17). The lowest BCUT2D eigenvalue weighted by Crippen LogP contribution is -2.12. The van der Waals surface area contributed by atoms with Gasteiger partial charge in [-0.15, -0.1) is 0 Å². The maximum absolute atomic E-state index is 6.25. The molecule has 0 bridgehead atoms. The second kappa shape index (κ2) is 5.76. The Bertz CT molecular complexity index is 537. The van der Waals surface area contributed by atoms with E-state index in [2.05, 4.69) is 40.1 Å². The highest BCUT2D eigenvalue weighted by Crippen LogP contribution is 2.26. The van der Waals surface area contributed by atoms with Crippen LogP contribution in [0.3, 0.4) is 0 Å². The summed E-state index contributed by atoms with van der Waals surface area (Å²) in [5, 5.41) is 4.00. The Kier molecular flexibility index (Phi) is 4.30. The molecule has 0 aliphatic heterocycles. The first-order valence-electron chi connectivity index (χ1n) is 5.80. The van der Waals surface area contributed by atoms with E-state index in [4.69, 9.17) is 11.6 Å². The van der Waals surface area contributed by atoms with Crippen LogP contribution in [0.2, 0.25) is 5.02 Å². The first kappa shape index (κ1) is 13.4. The molecule has 1 aromatic carbocycles. The summed E-state index contributed by atoms with van der Waals surface area (Å²) in [6.07, 6.45) is 3.67. The van der Waals surface area contributed by atoms with Crippen LogP contribution < -0.4 is 5.32 Å². The van der Waals surface area contributed by atoms with Crippen molar-refractivity contribution >= 4 is 33.5 Å². The molecule has 96 valence electrons. The van der Waals surface area contributed by atoms with Crippen molar-refractivity contribution in [1.82, 2.24) is 9.55 Å². The van der Waals surface area contributed by atoms with Gasteiger partial charge in [-0.1, -0.05) is 41.4 Å². The molecule has 1 aromatic heterocycles. The first-order chi connectivity index (χ1) is 8.58. The molecule has 18 heavy (non-hydrogen) atoms. The van der Waals surface area contributed by atoms with Crippen LogP contribution in [0.5, 0.6) is 0 Å². The van der Waals surface area contributed by atoms with Gasteiger partial charge in [-0.05, 0) is 24.1 Å². The van der Waals surface area contributed by atoms with E-state index in [0.717, 1.165) is 22.7 Å². The molecule has 3 nitrogen and oxygen atoms in total. The lowest BCUT2D eigenvalue weighted by molar-refractivity contribution is 0.683. The number of hydrogen-bond donors (Lipinski definition) is 1. The van der Waals surface area contributed by atoms with Crippen molar-refractivity contribution in [2.45, 2.75) is 13.8 Å². The summed E-state index contributed by atoms with van der Waals surface area (Å²) in [7, 11) is 0. The first-order valence-corrected chi connectivity index (χ1v) is 6.97. The van der Waals surface area contributed by atoms with Gasteiger partial charge >= 0.3 is 0 Å². The summed E-state index contributed by atoms with van der Waals surface area (Å²) in [5.41, 5.74) is 0.920. The van der Waals surface area contributed by atoms with Gasteiger partial charge in [-0.25, -0.2) is 4.98 Å². The fourth-order valence-electron chi connectivity index (χ4n) is 1.60. The third-order valence-corrected chi connectivity index (χ3v) is 3.27. The number of imidazole rings is 1. The zero-order valence-corrected chi connectivity index (χ0v) is 12.7. The molecule has 0 spiro atoms. The number of nitrogens with zero attached hydrogens (tertiary/aromatic N) is 2. The molecule has 0 atom stereocenters. The molecule has 0 unspecified atom stereocenters. The molecule has 0 fully saturated rings. The summed E-state index contributed by atoms with van der Waals surface area (Å²) < 4.78 is 2.92. The van der Waals surface area contributed by atoms with Gasteiger partial charge in [0, 0.05) is 23.4 Å². The molecule has 0 saturated heterocycles. The van der Waals surface area contributed by atoms with Gasteiger partial charge in [0.15, 0.2) is 0 Å². The highest BCUT2D eigenvalue weighted by molar-refractivity contribution is 9.10. The average molecular weight is 329 g/mol. The van der Waals surface area contributed by atoms with Crippen LogP contribution in [0.25, 0.3) is 5.69 Å². The zero-order chi connectivity index (χ0) is 13.1. The molecule has 2 rings (SSSR count). The number of halogens is 2. The smallest absolute Gasteiger partial charge is 0.207 e. The van der Waals surface area contributed by atoms with Gasteiger partial charge in [-0.2, -0.15) is 0 Å². The Labute approximate surface area is 120 Å². The lowest BCUT2D eigenvalue weighted by Gasteiger charge is -2.12. The van der Waals surface area contributed by atoms with E-state index in [1.165, 1.54) is 0 Å². The van der Waals surface area contributed by atoms with Crippen LogP contribution in [0.15, 0.2) is 35.1 Å². The maximum atomic E-state index is 6.25. The number of anilines is 1. The Hall–Kier alpha value is -1.000. The fraction of sp³-hybridized carbons (Fsp3) is 0.308. The number of hydrogen-bond acceptors (Lipinski definition) is 2. The molecule has 0 amide bonds. The van der Waals surface area contributed by atoms with Gasteiger partial charge in [0.1, 0.15) is 0 Å². The normalized spacial score (nSPS) is 10.9. The molecule has 1 N–H and O–H groups in total. The maximum Gasteiger partial charge on any atom is 0.207 e. The average Bonchev–Trinajstić information content (AvgIpc) is 2.74. The minimum Gasteiger partial charge on any atom is -0.355 e. The predicted octanol–water partition coefficient (Wildman–Crippen LogP) is 4.36. The van der Waals surface area contributed by atoms with E-state index in [1.54, 1.807) is 6.20 Å². The molecule has 2 aromatic rings. The Morgan fingerprint density at radius 1 is 1.44 bits per heavy atom. The highest BCUT2D eigenvalue weighted by Gasteiger charge is 2.08. The second-order valence-electron chi connectivity index (χ2n) is 4.49. The minimum absolute atomic E-state index is 0.565. The predicted molar refractivity (Wildman–Crippen MR) is 79.6 cm³/mol. The number of nitrogens with one attached hydrogen (secondary N) is 1. The summed E-state index contributed by atoms with van der Waals surface area (Å²) in [4.78, 5) is 4.31. The minimum atomic E-state index is 0.565. The second-order valence-corrected chi connectivity index (χ2v) is 5.81. The fourth-order valence-corrected chi connectivity index (χ4v) is 2.37. The Morgan fingerprint density at radius 2 is 2.22 bits per heavy atom. The largest absolute Gasteiger partial charge is 0.355 e. The van der Waals surface area contributed by atoms with Crippen molar-refractivity contribution in [3.8, 4) is 5.69 Å². The summed E-state index contributed by atoms with van der Waals surface area (Å²) in [6, 6.07) is 5.81. The van der Waals surface area contributed by atoms with Crippen molar-refractivity contribution in [2.75, 3.05) is 11.9 Å². The highest BCUT2D eigenvalue weighted by atomic mass is 79.9. The van der Waals surface area contributed by atoms with Crippen LogP contribution in [-0.2, 0) is 0 Å². The molecule has 5 heteroatoms. The van der Waals surface area contributed by atoms with Gasteiger partial charge in [-0.3, -0.25) is 4.57 Å². The molecule has 1 heterocycles. The molecule has 0 aliphatic rings. The van der Waals surface area contributed by atoms with Crippen LogP contribution in [0, 0.1) is 5.92 Å². The van der Waals surface area contributed by atoms with Crippen molar-refractivity contribution in [3.63, 3.8) is 0 Å².